The SMILES string of the molecule is Cc1nc(CN2CCCC2)sc1C(=O)NCCc1ccccc1F. The van der Waals surface area contributed by atoms with Gasteiger partial charge in [0.2, 0.25) is 0 Å². The number of hydrogen-bond acceptors (Lipinski definition) is 4. The van der Waals surface area contributed by atoms with Gasteiger partial charge in [-0.15, -0.1) is 11.3 Å². The molecule has 4 nitrogen and oxygen atoms in total. The molecule has 0 unspecified atom stereocenters. The monoisotopic (exact) mass is 347 g/mol. The maximum Gasteiger partial charge on any atom is 0.263 e. The molecule has 0 atom stereocenters. The Morgan fingerprint density at radius 1 is 1.33 bits per heavy atom. The molecular formula is C18H22FN3OS. The summed E-state index contributed by atoms with van der Waals surface area (Å²) < 4.78 is 13.6. The molecule has 3 rings (SSSR count). The van der Waals surface area contributed by atoms with Crippen LogP contribution in [0.2, 0.25) is 0 Å². The number of hydrogen-bond donors (Lipinski definition) is 1. The largest absolute Gasteiger partial charge is 0.351 e. The second kappa shape index (κ2) is 7.85. The Bertz CT molecular complexity index is 710. The number of nitrogens with zero attached hydrogens (tertiary/aromatic N) is 2. The van der Waals surface area contributed by atoms with Gasteiger partial charge in [-0.2, -0.15) is 0 Å². The summed E-state index contributed by atoms with van der Waals surface area (Å²) in [5.74, 6) is -0.345. The molecule has 0 aliphatic carbocycles. The molecular weight excluding hydrogens is 325 g/mol. The molecule has 1 amide bonds. The number of aromatic nitrogens is 1. The summed E-state index contributed by atoms with van der Waals surface area (Å²) in [6.07, 6.45) is 2.97. The lowest BCUT2D eigenvalue weighted by Crippen LogP contribution is -2.25. The van der Waals surface area contributed by atoms with Crippen LogP contribution in [0, 0.1) is 12.7 Å². The summed E-state index contributed by atoms with van der Waals surface area (Å²) in [7, 11) is 0. The zero-order valence-corrected chi connectivity index (χ0v) is 14.7. The first-order valence-corrected chi connectivity index (χ1v) is 9.15. The molecule has 1 aromatic heterocycles. The lowest BCUT2D eigenvalue weighted by molar-refractivity contribution is 0.0957. The Morgan fingerprint density at radius 3 is 2.83 bits per heavy atom. The molecule has 0 spiro atoms. The van der Waals surface area contributed by atoms with E-state index in [1.807, 2.05) is 6.92 Å². The number of rotatable bonds is 6. The highest BCUT2D eigenvalue weighted by molar-refractivity contribution is 7.13. The van der Waals surface area contributed by atoms with E-state index < -0.39 is 0 Å². The van der Waals surface area contributed by atoms with E-state index in [4.69, 9.17) is 0 Å². The quantitative estimate of drug-likeness (QED) is 0.873. The second-order valence-corrected chi connectivity index (χ2v) is 7.19. The summed E-state index contributed by atoms with van der Waals surface area (Å²) in [6, 6.07) is 6.65. The molecule has 0 bridgehead atoms. The summed E-state index contributed by atoms with van der Waals surface area (Å²) in [5.41, 5.74) is 1.39. The number of thiazole rings is 1. The van der Waals surface area contributed by atoms with Crippen LogP contribution in [0.4, 0.5) is 4.39 Å². The maximum atomic E-state index is 13.6. The number of halogens is 1. The highest BCUT2D eigenvalue weighted by Gasteiger charge is 2.18. The van der Waals surface area contributed by atoms with E-state index in [1.54, 1.807) is 18.2 Å². The highest BCUT2D eigenvalue weighted by Crippen LogP contribution is 2.21. The number of benzene rings is 1. The topological polar surface area (TPSA) is 45.2 Å². The van der Waals surface area contributed by atoms with E-state index >= 15 is 0 Å². The third kappa shape index (κ3) is 4.19. The summed E-state index contributed by atoms with van der Waals surface area (Å²) in [4.78, 5) is 19.9. The number of aryl methyl sites for hydroxylation is 1. The van der Waals surface area contributed by atoms with Crippen LogP contribution < -0.4 is 5.32 Å². The molecule has 24 heavy (non-hydrogen) atoms. The van der Waals surface area contributed by atoms with Gasteiger partial charge >= 0.3 is 0 Å². The van der Waals surface area contributed by atoms with Crippen molar-refractivity contribution >= 4 is 17.2 Å². The summed E-state index contributed by atoms with van der Waals surface area (Å²) in [6.45, 7) is 5.34. The van der Waals surface area contributed by atoms with Crippen molar-refractivity contribution < 1.29 is 9.18 Å². The van der Waals surface area contributed by atoms with Crippen LogP contribution in [0.1, 0.15) is 38.8 Å². The minimum absolute atomic E-state index is 0.117. The normalized spacial score (nSPS) is 14.9. The van der Waals surface area contributed by atoms with Crippen LogP contribution in [-0.4, -0.2) is 35.4 Å². The molecule has 1 fully saturated rings. The molecule has 6 heteroatoms. The van der Waals surface area contributed by atoms with E-state index in [1.165, 1.54) is 30.2 Å². The fourth-order valence-electron chi connectivity index (χ4n) is 2.95. The van der Waals surface area contributed by atoms with Crippen LogP contribution in [0.15, 0.2) is 24.3 Å². The van der Waals surface area contributed by atoms with Gasteiger partial charge in [0.15, 0.2) is 0 Å². The fourth-order valence-corrected chi connectivity index (χ4v) is 3.98. The molecule has 2 aromatic rings. The molecule has 0 radical (unpaired) electrons. The van der Waals surface area contributed by atoms with E-state index in [2.05, 4.69) is 15.2 Å². The predicted octanol–water partition coefficient (Wildman–Crippen LogP) is 3.16. The molecule has 1 N–H and O–H groups in total. The van der Waals surface area contributed by atoms with Crippen molar-refractivity contribution in [2.24, 2.45) is 0 Å². The van der Waals surface area contributed by atoms with Gasteiger partial charge in [-0.1, -0.05) is 18.2 Å². The Kier molecular flexibility index (Phi) is 5.58. The predicted molar refractivity (Wildman–Crippen MR) is 93.8 cm³/mol. The molecule has 1 aliphatic heterocycles. The van der Waals surface area contributed by atoms with Gasteiger partial charge in [0, 0.05) is 6.54 Å². The van der Waals surface area contributed by atoms with Crippen molar-refractivity contribution in [1.29, 1.82) is 0 Å². The van der Waals surface area contributed by atoms with Gasteiger partial charge in [0.1, 0.15) is 15.7 Å². The molecule has 0 saturated carbocycles. The van der Waals surface area contributed by atoms with Crippen molar-refractivity contribution in [3.05, 3.63) is 51.2 Å². The molecule has 128 valence electrons. The third-order valence-corrected chi connectivity index (χ3v) is 5.38. The van der Waals surface area contributed by atoms with Crippen LogP contribution in [0.3, 0.4) is 0 Å². The average Bonchev–Trinajstić information content (AvgIpc) is 3.19. The first kappa shape index (κ1) is 17.0. The average molecular weight is 347 g/mol. The number of amides is 1. The van der Waals surface area contributed by atoms with Crippen LogP contribution in [0.25, 0.3) is 0 Å². The van der Waals surface area contributed by atoms with Gasteiger partial charge in [0.25, 0.3) is 5.91 Å². The van der Waals surface area contributed by atoms with Crippen molar-refractivity contribution in [3.8, 4) is 0 Å². The highest BCUT2D eigenvalue weighted by atomic mass is 32.1. The third-order valence-electron chi connectivity index (χ3n) is 4.24. The van der Waals surface area contributed by atoms with Gasteiger partial charge in [-0.3, -0.25) is 9.69 Å². The van der Waals surface area contributed by atoms with Crippen molar-refractivity contribution in [1.82, 2.24) is 15.2 Å². The zero-order chi connectivity index (χ0) is 16.9. The Hall–Kier alpha value is -1.79. The maximum absolute atomic E-state index is 13.6. The fraction of sp³-hybridized carbons (Fsp3) is 0.444. The Labute approximate surface area is 145 Å². The first-order chi connectivity index (χ1) is 11.6. The Balaban J connectivity index is 1.54. The molecule has 2 heterocycles. The van der Waals surface area contributed by atoms with Crippen LogP contribution in [-0.2, 0) is 13.0 Å². The van der Waals surface area contributed by atoms with Crippen LogP contribution in [0.5, 0.6) is 0 Å². The summed E-state index contributed by atoms with van der Waals surface area (Å²) in [5, 5.41) is 3.87. The minimum Gasteiger partial charge on any atom is -0.351 e. The number of carbonyl (C=O) groups excluding carboxylic acids is 1. The van der Waals surface area contributed by atoms with Crippen molar-refractivity contribution in [2.75, 3.05) is 19.6 Å². The van der Waals surface area contributed by atoms with Gasteiger partial charge in [-0.25, -0.2) is 9.37 Å². The smallest absolute Gasteiger partial charge is 0.263 e. The van der Waals surface area contributed by atoms with E-state index in [0.29, 0.717) is 23.4 Å². The second-order valence-electron chi connectivity index (χ2n) is 6.10. The standard InChI is InChI=1S/C18H22FN3OS/c1-13-17(24-16(21-13)12-22-10-4-5-11-22)18(23)20-9-8-14-6-2-3-7-15(14)19/h2-3,6-7H,4-5,8-12H2,1H3,(H,20,23). The lowest BCUT2D eigenvalue weighted by Gasteiger charge is -2.11. The van der Waals surface area contributed by atoms with Crippen molar-refractivity contribution in [3.63, 3.8) is 0 Å². The van der Waals surface area contributed by atoms with E-state index in [9.17, 15) is 9.18 Å². The number of likely N-dealkylation sites (tertiary alicyclic amines) is 1. The Morgan fingerprint density at radius 2 is 2.08 bits per heavy atom. The van der Waals surface area contributed by atoms with Gasteiger partial charge in [0.05, 0.1) is 12.2 Å². The summed E-state index contributed by atoms with van der Waals surface area (Å²) >= 11 is 1.46. The molecule has 1 saturated heterocycles. The van der Waals surface area contributed by atoms with Gasteiger partial charge < -0.3 is 5.32 Å². The minimum atomic E-state index is -0.228. The molecule has 1 aliphatic rings. The number of nitrogens with one attached hydrogen (secondary N) is 1. The van der Waals surface area contributed by atoms with E-state index in [0.717, 1.165) is 30.3 Å². The number of carbonyl (C=O) groups is 1. The van der Waals surface area contributed by atoms with Crippen molar-refractivity contribution in [2.45, 2.75) is 32.7 Å². The van der Waals surface area contributed by atoms with Crippen LogP contribution >= 0.6 is 11.3 Å². The molecule has 1 aromatic carbocycles. The van der Waals surface area contributed by atoms with Gasteiger partial charge in [-0.05, 0) is 50.9 Å². The van der Waals surface area contributed by atoms with E-state index in [-0.39, 0.29) is 11.7 Å². The first-order valence-electron chi connectivity index (χ1n) is 8.34. The zero-order valence-electron chi connectivity index (χ0n) is 13.8. The lowest BCUT2D eigenvalue weighted by atomic mass is 10.1.